The highest BCUT2D eigenvalue weighted by molar-refractivity contribution is 7.89. The Morgan fingerprint density at radius 3 is 2.34 bits per heavy atom. The van der Waals surface area contributed by atoms with Gasteiger partial charge in [-0.2, -0.15) is 9.71 Å². The monoisotopic (exact) mass is 440 g/mol. The van der Waals surface area contributed by atoms with E-state index in [2.05, 4.69) is 20.2 Å². The lowest BCUT2D eigenvalue weighted by Crippen LogP contribution is -2.53. The van der Waals surface area contributed by atoms with Crippen molar-refractivity contribution >= 4 is 27.5 Å². The summed E-state index contributed by atoms with van der Waals surface area (Å²) in [6.45, 7) is 3.21. The summed E-state index contributed by atoms with van der Waals surface area (Å²) in [6, 6.07) is 4.78. The zero-order valence-electron chi connectivity index (χ0n) is 16.4. The molecule has 8 nitrogen and oxygen atoms in total. The molecule has 1 aliphatic rings. The number of nitrogens with one attached hydrogen (secondary N) is 2. The molecule has 1 amide bonds. The number of rotatable bonds is 6. The van der Waals surface area contributed by atoms with Crippen LogP contribution in [0.4, 0.5) is 0 Å². The van der Waals surface area contributed by atoms with E-state index in [1.807, 2.05) is 0 Å². The van der Waals surface area contributed by atoms with Crippen molar-refractivity contribution in [3.8, 4) is 0 Å². The standard InChI is InChI=1S/C19H25ClN4O4S/c1-13(24-29(26,27)16-9-7-15(20)8-10-16)17(25)22-19(11-5-3-4-6-12-19)18-21-14(2)28-23-18/h7-10,13,24H,3-6,11-12H2,1-2H3,(H,22,25)/t13-/m0/s1. The molecular formula is C19H25ClN4O4S. The summed E-state index contributed by atoms with van der Waals surface area (Å²) in [5.41, 5.74) is -0.759. The number of aromatic nitrogens is 2. The molecule has 29 heavy (non-hydrogen) atoms. The number of carbonyl (C=O) groups excluding carboxylic acids is 1. The molecule has 1 atom stereocenters. The first-order valence-electron chi connectivity index (χ1n) is 9.63. The highest BCUT2D eigenvalue weighted by Gasteiger charge is 2.40. The molecule has 0 unspecified atom stereocenters. The molecule has 2 aromatic rings. The summed E-state index contributed by atoms with van der Waals surface area (Å²) in [5, 5.41) is 7.49. The number of hydrogen-bond donors (Lipinski definition) is 2. The first-order valence-corrected chi connectivity index (χ1v) is 11.5. The summed E-state index contributed by atoms with van der Waals surface area (Å²) in [4.78, 5) is 17.3. The Bertz CT molecular complexity index is 951. The van der Waals surface area contributed by atoms with Gasteiger partial charge in [-0.15, -0.1) is 0 Å². The fraction of sp³-hybridized carbons (Fsp3) is 0.526. The Morgan fingerprint density at radius 2 is 1.79 bits per heavy atom. The minimum atomic E-state index is -3.87. The largest absolute Gasteiger partial charge is 0.342 e. The third-order valence-corrected chi connectivity index (χ3v) is 6.93. The zero-order valence-corrected chi connectivity index (χ0v) is 18.0. The summed E-state index contributed by atoms with van der Waals surface area (Å²) in [6.07, 6.45) is 5.31. The van der Waals surface area contributed by atoms with Gasteiger partial charge in [0.25, 0.3) is 0 Å². The van der Waals surface area contributed by atoms with Crippen LogP contribution in [0.25, 0.3) is 0 Å². The van der Waals surface area contributed by atoms with Gasteiger partial charge in [0.05, 0.1) is 10.9 Å². The van der Waals surface area contributed by atoms with Gasteiger partial charge in [-0.3, -0.25) is 4.79 Å². The molecule has 0 saturated heterocycles. The second-order valence-corrected chi connectivity index (χ2v) is 9.57. The number of amides is 1. The van der Waals surface area contributed by atoms with Crippen LogP contribution in [0.1, 0.15) is 57.2 Å². The topological polar surface area (TPSA) is 114 Å². The third-order valence-electron chi connectivity index (χ3n) is 5.12. The maximum absolute atomic E-state index is 12.9. The van der Waals surface area contributed by atoms with E-state index in [9.17, 15) is 13.2 Å². The number of carbonyl (C=O) groups is 1. The van der Waals surface area contributed by atoms with Gasteiger partial charge in [-0.05, 0) is 44.0 Å². The molecule has 1 heterocycles. The Morgan fingerprint density at radius 1 is 1.17 bits per heavy atom. The average Bonchev–Trinajstić information content (AvgIpc) is 2.97. The Balaban J connectivity index is 1.77. The molecule has 0 spiro atoms. The third kappa shape index (κ3) is 5.15. The van der Waals surface area contributed by atoms with Crippen LogP contribution in [-0.4, -0.2) is 30.5 Å². The minimum Gasteiger partial charge on any atom is -0.342 e. The quantitative estimate of drug-likeness (QED) is 0.667. The first-order chi connectivity index (χ1) is 13.7. The van der Waals surface area contributed by atoms with Crippen molar-refractivity contribution in [3.63, 3.8) is 0 Å². The Kier molecular flexibility index (Phi) is 6.60. The van der Waals surface area contributed by atoms with Gasteiger partial charge in [-0.25, -0.2) is 8.42 Å². The van der Waals surface area contributed by atoms with Crippen molar-refractivity contribution < 1.29 is 17.7 Å². The van der Waals surface area contributed by atoms with Crippen molar-refractivity contribution in [2.24, 2.45) is 0 Å². The van der Waals surface area contributed by atoms with Gasteiger partial charge < -0.3 is 9.84 Å². The van der Waals surface area contributed by atoms with E-state index in [0.29, 0.717) is 29.6 Å². The Labute approximate surface area is 175 Å². The molecule has 2 N–H and O–H groups in total. The number of hydrogen-bond acceptors (Lipinski definition) is 6. The van der Waals surface area contributed by atoms with Crippen LogP contribution in [0.3, 0.4) is 0 Å². The van der Waals surface area contributed by atoms with E-state index in [1.165, 1.54) is 31.2 Å². The number of halogens is 1. The summed E-state index contributed by atoms with van der Waals surface area (Å²) in [7, 11) is -3.87. The molecule has 158 valence electrons. The van der Waals surface area contributed by atoms with Crippen LogP contribution in [-0.2, 0) is 20.4 Å². The highest BCUT2D eigenvalue weighted by atomic mass is 35.5. The average molecular weight is 441 g/mol. The van der Waals surface area contributed by atoms with Crippen LogP contribution in [0.15, 0.2) is 33.7 Å². The first kappa shape index (κ1) is 21.7. The lowest BCUT2D eigenvalue weighted by molar-refractivity contribution is -0.124. The zero-order chi connectivity index (χ0) is 21.1. The van der Waals surface area contributed by atoms with Gasteiger partial charge in [0.2, 0.25) is 21.8 Å². The summed E-state index contributed by atoms with van der Waals surface area (Å²) in [5.74, 6) is 0.430. The van der Waals surface area contributed by atoms with E-state index in [1.54, 1.807) is 6.92 Å². The predicted octanol–water partition coefficient (Wildman–Crippen LogP) is 3.06. The van der Waals surface area contributed by atoms with Gasteiger partial charge in [0.15, 0.2) is 5.82 Å². The molecule has 0 bridgehead atoms. The van der Waals surface area contributed by atoms with Crippen molar-refractivity contribution in [1.29, 1.82) is 0 Å². The van der Waals surface area contributed by atoms with E-state index < -0.39 is 27.5 Å². The maximum atomic E-state index is 12.9. The lowest BCUT2D eigenvalue weighted by Gasteiger charge is -2.32. The molecular weight excluding hydrogens is 416 g/mol. The fourth-order valence-electron chi connectivity index (χ4n) is 3.54. The highest BCUT2D eigenvalue weighted by Crippen LogP contribution is 2.34. The predicted molar refractivity (Wildman–Crippen MR) is 108 cm³/mol. The number of aryl methyl sites for hydroxylation is 1. The minimum absolute atomic E-state index is 0.0412. The number of sulfonamides is 1. The van der Waals surface area contributed by atoms with E-state index >= 15 is 0 Å². The normalized spacial score (nSPS) is 18.0. The second-order valence-electron chi connectivity index (χ2n) is 7.42. The van der Waals surface area contributed by atoms with Gasteiger partial charge in [0, 0.05) is 11.9 Å². The van der Waals surface area contributed by atoms with E-state index in [-0.39, 0.29) is 4.90 Å². The van der Waals surface area contributed by atoms with Crippen LogP contribution in [0, 0.1) is 6.92 Å². The molecule has 3 rings (SSSR count). The number of nitrogens with zero attached hydrogens (tertiary/aromatic N) is 2. The molecule has 1 fully saturated rings. The van der Waals surface area contributed by atoms with Crippen molar-refractivity contribution in [1.82, 2.24) is 20.2 Å². The summed E-state index contributed by atoms with van der Waals surface area (Å²) < 4.78 is 32.7. The van der Waals surface area contributed by atoms with Crippen LogP contribution >= 0.6 is 11.6 Å². The maximum Gasteiger partial charge on any atom is 0.241 e. The van der Waals surface area contributed by atoms with Gasteiger partial charge in [-0.1, -0.05) is 42.4 Å². The smallest absolute Gasteiger partial charge is 0.241 e. The molecule has 1 saturated carbocycles. The van der Waals surface area contributed by atoms with Crippen LogP contribution in [0.2, 0.25) is 5.02 Å². The second kappa shape index (κ2) is 8.81. The van der Waals surface area contributed by atoms with Gasteiger partial charge >= 0.3 is 0 Å². The Hall–Kier alpha value is -1.97. The lowest BCUT2D eigenvalue weighted by atomic mass is 9.89. The molecule has 1 aromatic carbocycles. The molecule has 1 aliphatic carbocycles. The SMILES string of the molecule is Cc1nc(C2(NC(=O)[C@H](C)NS(=O)(=O)c3ccc(Cl)cc3)CCCCCC2)no1. The van der Waals surface area contributed by atoms with E-state index in [4.69, 9.17) is 16.1 Å². The molecule has 10 heteroatoms. The summed E-state index contributed by atoms with van der Waals surface area (Å²) >= 11 is 5.82. The van der Waals surface area contributed by atoms with Gasteiger partial charge in [0.1, 0.15) is 5.54 Å². The van der Waals surface area contributed by atoms with Crippen molar-refractivity contribution in [2.75, 3.05) is 0 Å². The van der Waals surface area contributed by atoms with Crippen molar-refractivity contribution in [2.45, 2.75) is 68.8 Å². The van der Waals surface area contributed by atoms with E-state index in [0.717, 1.165) is 25.7 Å². The molecule has 0 radical (unpaired) electrons. The fourth-order valence-corrected chi connectivity index (χ4v) is 4.87. The van der Waals surface area contributed by atoms with Crippen molar-refractivity contribution in [3.05, 3.63) is 41.0 Å². The molecule has 1 aromatic heterocycles. The van der Waals surface area contributed by atoms with Crippen LogP contribution in [0.5, 0.6) is 0 Å². The number of benzene rings is 1. The van der Waals surface area contributed by atoms with Crippen LogP contribution < -0.4 is 10.0 Å². The molecule has 0 aliphatic heterocycles.